The van der Waals surface area contributed by atoms with Gasteiger partial charge in [0.2, 0.25) is 0 Å². The summed E-state index contributed by atoms with van der Waals surface area (Å²) in [5.41, 5.74) is 8.01. The third-order valence-corrected chi connectivity index (χ3v) is 5.90. The monoisotopic (exact) mass is 374 g/mol. The number of allylic oxidation sites excluding steroid dienone is 1. The second-order valence-electron chi connectivity index (χ2n) is 7.27. The van der Waals surface area contributed by atoms with Crippen LogP contribution in [0.5, 0.6) is 5.75 Å². The highest BCUT2D eigenvalue weighted by Gasteiger charge is 2.29. The van der Waals surface area contributed by atoms with Gasteiger partial charge in [-0.2, -0.15) is 0 Å². The summed E-state index contributed by atoms with van der Waals surface area (Å²) in [4.78, 5) is 18.2. The first-order valence-electron chi connectivity index (χ1n) is 9.73. The molecule has 2 aliphatic heterocycles. The van der Waals surface area contributed by atoms with E-state index in [4.69, 9.17) is 14.5 Å². The third-order valence-electron chi connectivity index (χ3n) is 5.90. The van der Waals surface area contributed by atoms with Gasteiger partial charge in [0, 0.05) is 10.9 Å². The summed E-state index contributed by atoms with van der Waals surface area (Å²) in [6.45, 7) is 5.13. The maximum atomic E-state index is 13.2. The lowest BCUT2D eigenvalue weighted by atomic mass is 9.96. The van der Waals surface area contributed by atoms with Crippen LogP contribution in [0.3, 0.4) is 0 Å². The van der Waals surface area contributed by atoms with Crippen molar-refractivity contribution in [3.63, 3.8) is 0 Å². The first kappa shape index (κ1) is 17.0. The summed E-state index contributed by atoms with van der Waals surface area (Å²) in [7, 11) is 1.68. The number of nitrogens with zero attached hydrogens (tertiary/aromatic N) is 2. The lowest BCUT2D eigenvalue weighted by Gasteiger charge is -2.19. The van der Waals surface area contributed by atoms with E-state index in [0.29, 0.717) is 13.2 Å². The van der Waals surface area contributed by atoms with Crippen molar-refractivity contribution in [1.29, 1.82) is 0 Å². The number of methoxy groups -OCH3 is 1. The van der Waals surface area contributed by atoms with Gasteiger partial charge in [-0.25, -0.2) is 4.98 Å². The molecule has 0 spiro atoms. The van der Waals surface area contributed by atoms with E-state index in [1.54, 1.807) is 13.4 Å². The Morgan fingerprint density at radius 3 is 2.79 bits per heavy atom. The predicted molar refractivity (Wildman–Crippen MR) is 110 cm³/mol. The van der Waals surface area contributed by atoms with E-state index in [0.717, 1.165) is 63.1 Å². The minimum absolute atomic E-state index is 0.0354. The first-order valence-corrected chi connectivity index (χ1v) is 9.73. The molecule has 0 aliphatic carbocycles. The molecule has 3 aromatic rings. The van der Waals surface area contributed by atoms with Crippen LogP contribution in [0, 0.1) is 0 Å². The van der Waals surface area contributed by atoms with E-state index >= 15 is 0 Å². The molecular weight excluding hydrogens is 352 g/mol. The number of aryl methyl sites for hydroxylation is 1. The number of hydrogen-bond acceptors (Lipinski definition) is 4. The van der Waals surface area contributed by atoms with E-state index in [9.17, 15) is 4.79 Å². The summed E-state index contributed by atoms with van der Waals surface area (Å²) >= 11 is 0. The molecule has 0 amide bonds. The summed E-state index contributed by atoms with van der Waals surface area (Å²) < 4.78 is 12.8. The minimum Gasteiger partial charge on any atom is -0.497 e. The van der Waals surface area contributed by atoms with E-state index in [2.05, 4.69) is 19.9 Å². The summed E-state index contributed by atoms with van der Waals surface area (Å²) in [5, 5.41) is 1.10. The van der Waals surface area contributed by atoms with Crippen LogP contribution < -0.4 is 10.3 Å². The molecular formula is C23H22N2O3. The quantitative estimate of drug-likeness (QED) is 0.537. The fourth-order valence-corrected chi connectivity index (χ4v) is 4.45. The van der Waals surface area contributed by atoms with Gasteiger partial charge in [0.05, 0.1) is 42.4 Å². The van der Waals surface area contributed by atoms with Gasteiger partial charge < -0.3 is 14.0 Å². The van der Waals surface area contributed by atoms with Crippen LogP contribution in [0.1, 0.15) is 42.5 Å². The second-order valence-corrected chi connectivity index (χ2v) is 7.27. The van der Waals surface area contributed by atoms with E-state index in [-0.39, 0.29) is 5.56 Å². The van der Waals surface area contributed by atoms with Crippen molar-refractivity contribution in [2.75, 3.05) is 7.11 Å². The van der Waals surface area contributed by atoms with Gasteiger partial charge >= 0.3 is 0 Å². The van der Waals surface area contributed by atoms with Crippen molar-refractivity contribution >= 4 is 16.5 Å². The van der Waals surface area contributed by atoms with Gasteiger partial charge in [0.15, 0.2) is 0 Å². The van der Waals surface area contributed by atoms with Crippen LogP contribution in [0.15, 0.2) is 35.3 Å². The average Bonchev–Trinajstić information content (AvgIpc) is 3.10. The molecule has 5 heteroatoms. The van der Waals surface area contributed by atoms with E-state index < -0.39 is 0 Å². The molecule has 5 rings (SSSR count). The summed E-state index contributed by atoms with van der Waals surface area (Å²) in [6, 6.07) is 8.11. The Labute approximate surface area is 163 Å². The Kier molecular flexibility index (Phi) is 3.79. The maximum Gasteiger partial charge on any atom is 0.258 e. The molecule has 4 heterocycles. The van der Waals surface area contributed by atoms with Gasteiger partial charge in [0.25, 0.3) is 5.56 Å². The van der Waals surface area contributed by atoms with Crippen molar-refractivity contribution in [2.24, 2.45) is 0 Å². The highest BCUT2D eigenvalue weighted by Crippen LogP contribution is 2.38. The molecule has 5 nitrogen and oxygen atoms in total. The zero-order valence-corrected chi connectivity index (χ0v) is 16.3. The molecule has 0 fully saturated rings. The van der Waals surface area contributed by atoms with Crippen LogP contribution in [-0.4, -0.2) is 16.7 Å². The van der Waals surface area contributed by atoms with Gasteiger partial charge in [-0.05, 0) is 53.8 Å². The Morgan fingerprint density at radius 1 is 1.18 bits per heavy atom. The summed E-state index contributed by atoms with van der Waals surface area (Å²) in [6.07, 6.45) is 3.49. The Balaban J connectivity index is 1.81. The zero-order valence-electron chi connectivity index (χ0n) is 16.3. The van der Waals surface area contributed by atoms with Crippen molar-refractivity contribution < 1.29 is 9.47 Å². The van der Waals surface area contributed by atoms with Crippen molar-refractivity contribution in [3.05, 3.63) is 63.1 Å². The number of pyridine rings is 2. The number of aromatic nitrogens is 2. The largest absolute Gasteiger partial charge is 0.497 e. The SMILES string of the molecule is CCC1=COCc2c1cc1n(c2=O)Cc2c-1nc1ccc(OC)cc1c2CC. The second kappa shape index (κ2) is 6.23. The molecule has 0 atom stereocenters. The molecule has 2 aliphatic rings. The smallest absolute Gasteiger partial charge is 0.258 e. The standard InChI is InChI=1S/C23H22N2O3/c1-4-13-11-28-12-19-16(13)9-21-22-18(10-25(21)23(19)26)15(5-2)17-8-14(27-3)6-7-20(17)24-22/h6-9,11H,4-5,10,12H2,1-3H3. The van der Waals surface area contributed by atoms with Gasteiger partial charge in [0.1, 0.15) is 12.4 Å². The van der Waals surface area contributed by atoms with Crippen molar-refractivity contribution in [2.45, 2.75) is 39.8 Å². The molecule has 1 aromatic carbocycles. The number of ether oxygens (including phenoxy) is 2. The summed E-state index contributed by atoms with van der Waals surface area (Å²) in [5.74, 6) is 0.821. The van der Waals surface area contributed by atoms with Gasteiger partial charge in [-0.1, -0.05) is 13.8 Å². The molecule has 0 N–H and O–H groups in total. The molecule has 0 saturated heterocycles. The first-order chi connectivity index (χ1) is 13.7. The lowest BCUT2D eigenvalue weighted by Crippen LogP contribution is -2.26. The molecule has 2 aromatic heterocycles. The van der Waals surface area contributed by atoms with Crippen LogP contribution in [0.4, 0.5) is 0 Å². The van der Waals surface area contributed by atoms with Crippen LogP contribution in [0.25, 0.3) is 27.9 Å². The minimum atomic E-state index is 0.0354. The topological polar surface area (TPSA) is 53.4 Å². The molecule has 28 heavy (non-hydrogen) atoms. The molecule has 0 bridgehead atoms. The Morgan fingerprint density at radius 2 is 2.04 bits per heavy atom. The van der Waals surface area contributed by atoms with Crippen LogP contribution in [0.2, 0.25) is 0 Å². The molecule has 0 unspecified atom stereocenters. The molecule has 0 radical (unpaired) electrons. The number of fused-ring (bicyclic) bond motifs is 5. The Hall–Kier alpha value is -3.08. The zero-order chi connectivity index (χ0) is 19.4. The van der Waals surface area contributed by atoms with E-state index in [1.807, 2.05) is 22.8 Å². The number of hydrogen-bond donors (Lipinski definition) is 0. The van der Waals surface area contributed by atoms with Crippen molar-refractivity contribution in [3.8, 4) is 17.1 Å². The highest BCUT2D eigenvalue weighted by atomic mass is 16.5. The molecule has 0 saturated carbocycles. The lowest BCUT2D eigenvalue weighted by molar-refractivity contribution is 0.230. The predicted octanol–water partition coefficient (Wildman–Crippen LogP) is 4.28. The van der Waals surface area contributed by atoms with Crippen LogP contribution >= 0.6 is 0 Å². The maximum absolute atomic E-state index is 13.2. The third kappa shape index (κ3) is 2.25. The fourth-order valence-electron chi connectivity index (χ4n) is 4.45. The number of rotatable bonds is 3. The average molecular weight is 374 g/mol. The highest BCUT2D eigenvalue weighted by molar-refractivity contribution is 5.89. The molecule has 142 valence electrons. The van der Waals surface area contributed by atoms with Crippen molar-refractivity contribution in [1.82, 2.24) is 9.55 Å². The van der Waals surface area contributed by atoms with Gasteiger partial charge in [-0.15, -0.1) is 0 Å². The van der Waals surface area contributed by atoms with E-state index in [1.165, 1.54) is 5.56 Å². The Bertz CT molecular complexity index is 1220. The number of benzene rings is 1. The fraction of sp³-hybridized carbons (Fsp3) is 0.304. The normalized spacial score (nSPS) is 14.2. The van der Waals surface area contributed by atoms with Crippen LogP contribution in [-0.2, 0) is 24.3 Å². The van der Waals surface area contributed by atoms with Gasteiger partial charge in [-0.3, -0.25) is 4.79 Å².